The molecule has 0 aliphatic rings. The van der Waals surface area contributed by atoms with Crippen molar-refractivity contribution in [1.29, 1.82) is 0 Å². The summed E-state index contributed by atoms with van der Waals surface area (Å²) in [6.45, 7) is 9.15. The summed E-state index contributed by atoms with van der Waals surface area (Å²) < 4.78 is 11.5. The van der Waals surface area contributed by atoms with E-state index in [0.29, 0.717) is 12.1 Å². The fourth-order valence-electron chi connectivity index (χ4n) is 3.57. The van der Waals surface area contributed by atoms with Gasteiger partial charge in [0.2, 0.25) is 6.79 Å². The summed E-state index contributed by atoms with van der Waals surface area (Å²) in [6, 6.07) is 17.2. The Morgan fingerprint density at radius 2 is 1.00 bits per heavy atom. The second-order valence-corrected chi connectivity index (χ2v) is 8.54. The topological polar surface area (TPSA) is 42.5 Å². The lowest BCUT2D eigenvalue weighted by atomic mass is 10.1. The molecule has 2 atom stereocenters. The molecule has 4 nitrogen and oxygen atoms in total. The van der Waals surface area contributed by atoms with Crippen molar-refractivity contribution in [2.75, 3.05) is 17.4 Å². The van der Waals surface area contributed by atoms with Crippen LogP contribution in [0, 0.1) is 0 Å². The molecule has 4 heteroatoms. The molecule has 0 heterocycles. The number of ether oxygens (including phenoxy) is 2. The molecule has 0 amide bonds. The highest BCUT2D eigenvalue weighted by Crippen LogP contribution is 2.20. The van der Waals surface area contributed by atoms with Crippen molar-refractivity contribution < 1.29 is 9.47 Å². The summed E-state index contributed by atoms with van der Waals surface area (Å²) in [4.78, 5) is 0. The number of benzene rings is 2. The lowest BCUT2D eigenvalue weighted by Gasteiger charge is -2.16. The van der Waals surface area contributed by atoms with Crippen LogP contribution in [-0.4, -0.2) is 18.9 Å². The molecule has 31 heavy (non-hydrogen) atoms. The van der Waals surface area contributed by atoms with E-state index in [-0.39, 0.29) is 6.79 Å². The third kappa shape index (κ3) is 10.5. The first-order chi connectivity index (χ1) is 15.1. The molecular weight excluding hydrogens is 384 g/mol. The number of unbranched alkanes of at least 4 members (excludes halogenated alkanes) is 4. The van der Waals surface area contributed by atoms with E-state index in [1.54, 1.807) is 0 Å². The molecule has 0 saturated carbocycles. The first-order valence-electron chi connectivity index (χ1n) is 12.1. The van der Waals surface area contributed by atoms with Gasteiger partial charge in [0.05, 0.1) is 0 Å². The molecule has 2 N–H and O–H groups in total. The number of hydrogen-bond donors (Lipinski definition) is 2. The minimum atomic E-state index is 0.195. The molecule has 2 unspecified atom stereocenters. The summed E-state index contributed by atoms with van der Waals surface area (Å²) in [5, 5.41) is 7.10. The highest BCUT2D eigenvalue weighted by Gasteiger charge is 2.04. The smallest absolute Gasteiger partial charge is 0.230 e. The van der Waals surface area contributed by atoms with Gasteiger partial charge < -0.3 is 20.1 Å². The molecule has 0 spiro atoms. The van der Waals surface area contributed by atoms with Crippen LogP contribution in [0.15, 0.2) is 48.5 Å². The summed E-state index contributed by atoms with van der Waals surface area (Å²) in [5.74, 6) is 1.62. The Morgan fingerprint density at radius 3 is 1.35 bits per heavy atom. The van der Waals surface area contributed by atoms with Crippen LogP contribution in [0.1, 0.15) is 79.1 Å². The molecule has 0 saturated heterocycles. The molecule has 0 aliphatic carbocycles. The number of anilines is 2. The van der Waals surface area contributed by atoms with Crippen LogP contribution in [0.2, 0.25) is 0 Å². The van der Waals surface area contributed by atoms with E-state index in [2.05, 4.69) is 62.6 Å². The standard InChI is InChI=1S/C27H42N2O2/c1-5-7-9-11-22(3)28-24-13-17-26(18-14-24)30-21-31-27-19-15-25(16-20-27)29-23(4)12-10-8-6-2/h13-20,22-23,28-29H,5-12,21H2,1-4H3. The molecule has 0 bridgehead atoms. The Morgan fingerprint density at radius 1 is 0.613 bits per heavy atom. The van der Waals surface area contributed by atoms with Gasteiger partial charge in [-0.2, -0.15) is 0 Å². The van der Waals surface area contributed by atoms with Crippen molar-refractivity contribution in [2.24, 2.45) is 0 Å². The Hall–Kier alpha value is -2.36. The van der Waals surface area contributed by atoms with Gasteiger partial charge in [0.25, 0.3) is 0 Å². The van der Waals surface area contributed by atoms with Crippen LogP contribution < -0.4 is 20.1 Å². The van der Waals surface area contributed by atoms with Crippen LogP contribution in [0.3, 0.4) is 0 Å². The SMILES string of the molecule is CCCCCC(C)Nc1ccc(OCOc2ccc(NC(C)CCCCC)cc2)cc1. The highest BCUT2D eigenvalue weighted by atomic mass is 16.7. The summed E-state index contributed by atoms with van der Waals surface area (Å²) in [6.07, 6.45) is 10.1. The van der Waals surface area contributed by atoms with E-state index >= 15 is 0 Å². The van der Waals surface area contributed by atoms with E-state index in [4.69, 9.17) is 9.47 Å². The van der Waals surface area contributed by atoms with Crippen LogP contribution >= 0.6 is 0 Å². The maximum absolute atomic E-state index is 5.73. The Balaban J connectivity index is 1.68. The largest absolute Gasteiger partial charge is 0.458 e. The van der Waals surface area contributed by atoms with Gasteiger partial charge in [-0.25, -0.2) is 0 Å². The van der Waals surface area contributed by atoms with Gasteiger partial charge >= 0.3 is 0 Å². The van der Waals surface area contributed by atoms with E-state index in [0.717, 1.165) is 22.9 Å². The Bertz CT molecular complexity index is 639. The molecule has 172 valence electrons. The molecule has 0 fully saturated rings. The van der Waals surface area contributed by atoms with Gasteiger partial charge in [0.1, 0.15) is 11.5 Å². The fraction of sp³-hybridized carbons (Fsp3) is 0.556. The van der Waals surface area contributed by atoms with Crippen molar-refractivity contribution in [3.63, 3.8) is 0 Å². The summed E-state index contributed by atoms with van der Waals surface area (Å²) in [5.41, 5.74) is 2.26. The molecule has 2 aromatic carbocycles. The van der Waals surface area contributed by atoms with Crippen molar-refractivity contribution >= 4 is 11.4 Å². The lowest BCUT2D eigenvalue weighted by molar-refractivity contribution is 0.120. The third-order valence-corrected chi connectivity index (χ3v) is 5.47. The fourth-order valence-corrected chi connectivity index (χ4v) is 3.57. The van der Waals surface area contributed by atoms with E-state index in [1.807, 2.05) is 24.3 Å². The lowest BCUT2D eigenvalue weighted by Crippen LogP contribution is -2.14. The quantitative estimate of drug-likeness (QED) is 0.212. The average Bonchev–Trinajstić information content (AvgIpc) is 2.76. The number of rotatable bonds is 16. The predicted molar refractivity (Wildman–Crippen MR) is 133 cm³/mol. The third-order valence-electron chi connectivity index (χ3n) is 5.47. The van der Waals surface area contributed by atoms with Crippen LogP contribution in [0.25, 0.3) is 0 Å². The van der Waals surface area contributed by atoms with Gasteiger partial charge in [-0.05, 0) is 75.2 Å². The van der Waals surface area contributed by atoms with Crippen molar-refractivity contribution in [3.8, 4) is 11.5 Å². The molecule has 2 aromatic rings. The molecule has 0 radical (unpaired) electrons. The average molecular weight is 427 g/mol. The minimum absolute atomic E-state index is 0.195. The molecule has 0 aromatic heterocycles. The van der Waals surface area contributed by atoms with Crippen molar-refractivity contribution in [1.82, 2.24) is 0 Å². The first kappa shape index (κ1) is 24.9. The second kappa shape index (κ2) is 14.6. The highest BCUT2D eigenvalue weighted by molar-refractivity contribution is 5.47. The summed E-state index contributed by atoms with van der Waals surface area (Å²) in [7, 11) is 0. The molecular formula is C27H42N2O2. The van der Waals surface area contributed by atoms with Crippen LogP contribution in [0.5, 0.6) is 11.5 Å². The number of hydrogen-bond acceptors (Lipinski definition) is 4. The second-order valence-electron chi connectivity index (χ2n) is 8.54. The van der Waals surface area contributed by atoms with Crippen LogP contribution in [-0.2, 0) is 0 Å². The monoisotopic (exact) mass is 426 g/mol. The maximum Gasteiger partial charge on any atom is 0.230 e. The molecule has 0 aliphatic heterocycles. The van der Waals surface area contributed by atoms with Gasteiger partial charge in [0, 0.05) is 23.5 Å². The number of nitrogens with one attached hydrogen (secondary N) is 2. The van der Waals surface area contributed by atoms with Crippen LogP contribution in [0.4, 0.5) is 11.4 Å². The van der Waals surface area contributed by atoms with Crippen molar-refractivity contribution in [3.05, 3.63) is 48.5 Å². The predicted octanol–water partition coefficient (Wildman–Crippen LogP) is 7.86. The van der Waals surface area contributed by atoms with Gasteiger partial charge in [-0.3, -0.25) is 0 Å². The van der Waals surface area contributed by atoms with E-state index in [9.17, 15) is 0 Å². The normalized spacial score (nSPS) is 12.8. The van der Waals surface area contributed by atoms with Gasteiger partial charge in [-0.15, -0.1) is 0 Å². The van der Waals surface area contributed by atoms with Crippen molar-refractivity contribution in [2.45, 2.75) is 91.1 Å². The Labute approximate surface area is 189 Å². The maximum atomic E-state index is 5.73. The minimum Gasteiger partial charge on any atom is -0.458 e. The van der Waals surface area contributed by atoms with E-state index < -0.39 is 0 Å². The first-order valence-corrected chi connectivity index (χ1v) is 12.1. The summed E-state index contributed by atoms with van der Waals surface area (Å²) >= 11 is 0. The zero-order valence-electron chi connectivity index (χ0n) is 20.0. The molecule has 2 rings (SSSR count). The van der Waals surface area contributed by atoms with E-state index in [1.165, 1.54) is 51.4 Å². The van der Waals surface area contributed by atoms with Gasteiger partial charge in [-0.1, -0.05) is 52.4 Å². The zero-order valence-corrected chi connectivity index (χ0v) is 20.0. The zero-order chi connectivity index (χ0) is 22.3. The van der Waals surface area contributed by atoms with Gasteiger partial charge in [0.15, 0.2) is 0 Å². The Kier molecular flexibility index (Phi) is 11.7.